The van der Waals surface area contributed by atoms with Crippen molar-refractivity contribution in [3.63, 3.8) is 0 Å². The highest BCUT2D eigenvalue weighted by molar-refractivity contribution is 7.10. The molecular formula is C22H24N4O2S. The van der Waals surface area contributed by atoms with Crippen LogP contribution in [0.2, 0.25) is 0 Å². The molecule has 0 aliphatic carbocycles. The van der Waals surface area contributed by atoms with Gasteiger partial charge in [-0.15, -0.1) is 11.3 Å². The maximum Gasteiger partial charge on any atom is 0.255 e. The predicted molar refractivity (Wildman–Crippen MR) is 116 cm³/mol. The smallest absolute Gasteiger partial charge is 0.255 e. The SMILES string of the molecule is COc1ccccc1Nc1ncccc1C(=O)NCCN1CCc2sccc2C1. The number of carbonyl (C=O) groups is 1. The Morgan fingerprint density at radius 1 is 1.24 bits per heavy atom. The number of pyridine rings is 1. The fourth-order valence-electron chi connectivity index (χ4n) is 3.48. The standard InChI is InChI=1S/C22H24N4O2S/c1-28-19-7-3-2-6-18(19)25-21-17(5-4-10-23-21)22(27)24-11-13-26-12-8-20-16(15-26)9-14-29-20/h2-7,9-10,14H,8,11-13,15H2,1H3,(H,23,25)(H,24,27). The van der Waals surface area contributed by atoms with E-state index in [0.717, 1.165) is 31.7 Å². The number of para-hydroxylation sites is 2. The molecule has 1 aliphatic heterocycles. The van der Waals surface area contributed by atoms with Crippen molar-refractivity contribution < 1.29 is 9.53 Å². The highest BCUT2D eigenvalue weighted by Gasteiger charge is 2.18. The van der Waals surface area contributed by atoms with Gasteiger partial charge in [-0.3, -0.25) is 9.69 Å². The lowest BCUT2D eigenvalue weighted by Crippen LogP contribution is -2.37. The highest BCUT2D eigenvalue weighted by Crippen LogP contribution is 2.27. The molecule has 0 atom stereocenters. The van der Waals surface area contributed by atoms with Gasteiger partial charge in [0.15, 0.2) is 0 Å². The van der Waals surface area contributed by atoms with E-state index in [4.69, 9.17) is 4.74 Å². The van der Waals surface area contributed by atoms with Crippen LogP contribution in [0.4, 0.5) is 11.5 Å². The van der Waals surface area contributed by atoms with Crippen LogP contribution in [0.1, 0.15) is 20.8 Å². The van der Waals surface area contributed by atoms with Gasteiger partial charge in [0, 0.05) is 37.3 Å². The number of nitrogens with one attached hydrogen (secondary N) is 2. The summed E-state index contributed by atoms with van der Waals surface area (Å²) in [5, 5.41) is 8.41. The minimum absolute atomic E-state index is 0.135. The Morgan fingerprint density at radius 2 is 2.14 bits per heavy atom. The van der Waals surface area contributed by atoms with E-state index in [9.17, 15) is 4.79 Å². The van der Waals surface area contributed by atoms with E-state index in [-0.39, 0.29) is 5.91 Å². The Labute approximate surface area is 174 Å². The molecule has 2 aromatic heterocycles. The minimum atomic E-state index is -0.135. The average Bonchev–Trinajstić information content (AvgIpc) is 3.22. The van der Waals surface area contributed by atoms with E-state index in [1.807, 2.05) is 35.6 Å². The van der Waals surface area contributed by atoms with Crippen molar-refractivity contribution in [3.8, 4) is 5.75 Å². The third kappa shape index (κ3) is 4.58. The maximum atomic E-state index is 12.8. The Morgan fingerprint density at radius 3 is 3.03 bits per heavy atom. The van der Waals surface area contributed by atoms with Gasteiger partial charge in [-0.2, -0.15) is 0 Å². The van der Waals surface area contributed by atoms with Gasteiger partial charge in [-0.1, -0.05) is 12.1 Å². The molecule has 150 valence electrons. The van der Waals surface area contributed by atoms with Gasteiger partial charge in [0.2, 0.25) is 0 Å². The molecule has 1 aromatic carbocycles. The summed E-state index contributed by atoms with van der Waals surface area (Å²) >= 11 is 1.84. The summed E-state index contributed by atoms with van der Waals surface area (Å²) in [7, 11) is 1.62. The summed E-state index contributed by atoms with van der Waals surface area (Å²) < 4.78 is 5.37. The molecule has 2 N–H and O–H groups in total. The Kier molecular flexibility index (Phi) is 6.07. The second-order valence-corrected chi connectivity index (χ2v) is 7.88. The van der Waals surface area contributed by atoms with Gasteiger partial charge in [0.1, 0.15) is 11.6 Å². The number of rotatable bonds is 7. The summed E-state index contributed by atoms with van der Waals surface area (Å²) in [6.07, 6.45) is 2.76. The Bertz CT molecular complexity index is 988. The summed E-state index contributed by atoms with van der Waals surface area (Å²) in [6.45, 7) is 3.43. The number of aromatic nitrogens is 1. The van der Waals surface area contributed by atoms with Crippen LogP contribution in [0, 0.1) is 0 Å². The number of benzene rings is 1. The first-order valence-electron chi connectivity index (χ1n) is 9.65. The van der Waals surface area contributed by atoms with Crippen LogP contribution in [0.3, 0.4) is 0 Å². The van der Waals surface area contributed by atoms with Crippen LogP contribution in [-0.2, 0) is 13.0 Å². The van der Waals surface area contributed by atoms with E-state index in [2.05, 4.69) is 32.0 Å². The van der Waals surface area contributed by atoms with Crippen LogP contribution in [-0.4, -0.2) is 42.5 Å². The van der Waals surface area contributed by atoms with Gasteiger partial charge in [-0.05, 0) is 47.7 Å². The second-order valence-electron chi connectivity index (χ2n) is 6.88. The zero-order valence-corrected chi connectivity index (χ0v) is 17.2. The van der Waals surface area contributed by atoms with Crippen LogP contribution >= 0.6 is 11.3 Å². The van der Waals surface area contributed by atoms with Crippen molar-refractivity contribution in [2.45, 2.75) is 13.0 Å². The molecule has 0 bridgehead atoms. The maximum absolute atomic E-state index is 12.8. The monoisotopic (exact) mass is 408 g/mol. The van der Waals surface area contributed by atoms with Crippen LogP contribution in [0.5, 0.6) is 5.75 Å². The normalized spacial score (nSPS) is 13.6. The van der Waals surface area contributed by atoms with Crippen LogP contribution < -0.4 is 15.4 Å². The van der Waals surface area contributed by atoms with Gasteiger partial charge < -0.3 is 15.4 Å². The molecule has 0 fully saturated rings. The van der Waals surface area contributed by atoms with E-state index >= 15 is 0 Å². The first-order chi connectivity index (χ1) is 14.2. The molecule has 7 heteroatoms. The van der Waals surface area contributed by atoms with Gasteiger partial charge in [0.05, 0.1) is 18.4 Å². The van der Waals surface area contributed by atoms with Gasteiger partial charge in [0.25, 0.3) is 5.91 Å². The molecule has 0 saturated heterocycles. The molecule has 0 radical (unpaired) electrons. The number of hydrogen-bond donors (Lipinski definition) is 2. The van der Waals surface area contributed by atoms with Crippen molar-refractivity contribution in [3.05, 3.63) is 70.0 Å². The molecule has 0 saturated carbocycles. The highest BCUT2D eigenvalue weighted by atomic mass is 32.1. The molecule has 3 heterocycles. The number of amides is 1. The Balaban J connectivity index is 1.37. The summed E-state index contributed by atoms with van der Waals surface area (Å²) in [5.74, 6) is 1.07. The number of thiophene rings is 1. The quantitative estimate of drug-likeness (QED) is 0.624. The zero-order valence-electron chi connectivity index (χ0n) is 16.4. The number of carbonyl (C=O) groups excluding carboxylic acids is 1. The van der Waals surface area contributed by atoms with Crippen LogP contribution in [0.25, 0.3) is 0 Å². The summed E-state index contributed by atoms with van der Waals surface area (Å²) in [6, 6.07) is 13.3. The van der Waals surface area contributed by atoms with Crippen molar-refractivity contribution in [2.75, 3.05) is 32.1 Å². The predicted octanol–water partition coefficient (Wildman–Crippen LogP) is 3.68. The van der Waals surface area contributed by atoms with Crippen molar-refractivity contribution in [1.29, 1.82) is 0 Å². The van der Waals surface area contributed by atoms with Gasteiger partial charge in [-0.25, -0.2) is 4.98 Å². The number of nitrogens with zero attached hydrogens (tertiary/aromatic N) is 2. The second kappa shape index (κ2) is 9.07. The van der Waals surface area contributed by atoms with E-state index in [0.29, 0.717) is 23.7 Å². The van der Waals surface area contributed by atoms with E-state index in [1.54, 1.807) is 25.4 Å². The lowest BCUT2D eigenvalue weighted by Gasteiger charge is -2.26. The van der Waals surface area contributed by atoms with Crippen molar-refractivity contribution in [1.82, 2.24) is 15.2 Å². The number of fused-ring (bicyclic) bond motifs is 1. The largest absolute Gasteiger partial charge is 0.495 e. The third-order valence-corrected chi connectivity index (χ3v) is 6.04. The molecule has 6 nitrogen and oxygen atoms in total. The number of anilines is 2. The minimum Gasteiger partial charge on any atom is -0.495 e. The molecule has 29 heavy (non-hydrogen) atoms. The number of methoxy groups -OCH3 is 1. The van der Waals surface area contributed by atoms with Crippen molar-refractivity contribution in [2.24, 2.45) is 0 Å². The number of hydrogen-bond acceptors (Lipinski definition) is 6. The lowest BCUT2D eigenvalue weighted by atomic mass is 10.1. The van der Waals surface area contributed by atoms with E-state index < -0.39 is 0 Å². The topological polar surface area (TPSA) is 66.5 Å². The molecule has 1 amide bonds. The first-order valence-corrected chi connectivity index (χ1v) is 10.5. The molecular weight excluding hydrogens is 384 g/mol. The Hall–Kier alpha value is -2.90. The summed E-state index contributed by atoms with van der Waals surface area (Å²) in [4.78, 5) is 21.0. The summed E-state index contributed by atoms with van der Waals surface area (Å²) in [5.41, 5.74) is 2.70. The molecule has 1 aliphatic rings. The van der Waals surface area contributed by atoms with Crippen molar-refractivity contribution >= 4 is 28.7 Å². The average molecular weight is 409 g/mol. The fourth-order valence-corrected chi connectivity index (χ4v) is 4.37. The van der Waals surface area contributed by atoms with Gasteiger partial charge >= 0.3 is 0 Å². The van der Waals surface area contributed by atoms with E-state index in [1.165, 1.54) is 10.4 Å². The first kappa shape index (κ1) is 19.4. The lowest BCUT2D eigenvalue weighted by molar-refractivity contribution is 0.0948. The zero-order chi connectivity index (χ0) is 20.1. The molecule has 0 unspecified atom stereocenters. The third-order valence-electron chi connectivity index (χ3n) is 5.01. The number of ether oxygens (including phenoxy) is 1. The van der Waals surface area contributed by atoms with Crippen LogP contribution in [0.15, 0.2) is 54.0 Å². The molecule has 4 rings (SSSR count). The molecule has 0 spiro atoms. The molecule has 3 aromatic rings. The fraction of sp³-hybridized carbons (Fsp3) is 0.273.